The minimum atomic E-state index is 0.164. The molecule has 1 saturated heterocycles. The van der Waals surface area contributed by atoms with Crippen LogP contribution in [-0.2, 0) is 11.3 Å². The monoisotopic (exact) mass is 421 g/mol. The average molecular weight is 422 g/mol. The van der Waals surface area contributed by atoms with E-state index in [2.05, 4.69) is 20.8 Å². The van der Waals surface area contributed by atoms with Crippen molar-refractivity contribution < 1.29 is 9.32 Å². The van der Waals surface area contributed by atoms with Crippen molar-refractivity contribution in [2.75, 3.05) is 16.8 Å². The Bertz CT molecular complexity index is 1080. The summed E-state index contributed by atoms with van der Waals surface area (Å²) in [7, 11) is 0. The topological polar surface area (TPSA) is 83.3 Å². The van der Waals surface area contributed by atoms with Crippen LogP contribution in [0.3, 0.4) is 0 Å². The molecule has 1 aromatic heterocycles. The fraction of sp³-hybridized carbons (Fsp3) is 0.273. The molecular weight excluding hydrogens is 398 g/mol. The Morgan fingerprint density at radius 2 is 2.00 bits per heavy atom. The van der Waals surface area contributed by atoms with Gasteiger partial charge in [-0.1, -0.05) is 41.1 Å². The molecule has 0 saturated carbocycles. The summed E-state index contributed by atoms with van der Waals surface area (Å²) in [6.45, 7) is 5.10. The van der Waals surface area contributed by atoms with Crippen molar-refractivity contribution in [1.82, 2.24) is 15.5 Å². The summed E-state index contributed by atoms with van der Waals surface area (Å²) in [5.74, 6) is 1.16. The van der Waals surface area contributed by atoms with Crippen molar-refractivity contribution in [3.05, 3.63) is 59.5 Å². The molecule has 3 aromatic rings. The molecule has 30 heavy (non-hydrogen) atoms. The zero-order chi connectivity index (χ0) is 21.1. The summed E-state index contributed by atoms with van der Waals surface area (Å²) < 4.78 is 5.31. The van der Waals surface area contributed by atoms with Crippen molar-refractivity contribution in [3.63, 3.8) is 0 Å². The van der Waals surface area contributed by atoms with E-state index in [-0.39, 0.29) is 5.91 Å². The predicted octanol–water partition coefficient (Wildman–Crippen LogP) is 3.97. The van der Waals surface area contributed by atoms with Crippen molar-refractivity contribution in [3.8, 4) is 11.4 Å². The average Bonchev–Trinajstić information content (AvgIpc) is 3.38. The van der Waals surface area contributed by atoms with Crippen molar-refractivity contribution in [2.24, 2.45) is 0 Å². The van der Waals surface area contributed by atoms with Crippen LogP contribution in [0.5, 0.6) is 0 Å². The van der Waals surface area contributed by atoms with E-state index in [1.807, 2.05) is 61.2 Å². The molecule has 8 heteroatoms. The number of amides is 1. The zero-order valence-electron chi connectivity index (χ0n) is 16.9. The Morgan fingerprint density at radius 1 is 1.20 bits per heavy atom. The number of aryl methyl sites for hydroxylation is 2. The molecule has 0 unspecified atom stereocenters. The third-order valence-electron chi connectivity index (χ3n) is 5.01. The Labute approximate surface area is 180 Å². The molecule has 0 spiro atoms. The number of carbonyl (C=O) groups is 1. The van der Waals surface area contributed by atoms with Crippen LogP contribution in [0.25, 0.3) is 11.4 Å². The van der Waals surface area contributed by atoms with Gasteiger partial charge in [-0.15, -0.1) is 0 Å². The smallest absolute Gasteiger partial charge is 0.246 e. The third kappa shape index (κ3) is 4.49. The molecule has 1 fully saturated rings. The van der Waals surface area contributed by atoms with E-state index >= 15 is 0 Å². The largest absolute Gasteiger partial charge is 0.353 e. The van der Waals surface area contributed by atoms with Crippen LogP contribution in [0, 0.1) is 13.8 Å². The molecule has 1 aliphatic heterocycles. The van der Waals surface area contributed by atoms with E-state index in [0.717, 1.165) is 35.5 Å². The molecule has 0 bridgehead atoms. The molecular formula is C22H23N5O2S. The molecule has 154 valence electrons. The minimum Gasteiger partial charge on any atom is -0.353 e. The van der Waals surface area contributed by atoms with E-state index < -0.39 is 0 Å². The van der Waals surface area contributed by atoms with Crippen LogP contribution in [0.2, 0.25) is 0 Å². The molecule has 0 aliphatic carbocycles. The molecule has 2 N–H and O–H groups in total. The Balaban J connectivity index is 1.36. The highest BCUT2D eigenvalue weighted by Gasteiger charge is 2.23. The van der Waals surface area contributed by atoms with Crippen LogP contribution < -0.4 is 15.5 Å². The quantitative estimate of drug-likeness (QED) is 0.603. The Hall–Kier alpha value is -3.26. The Kier molecular flexibility index (Phi) is 5.76. The third-order valence-corrected chi connectivity index (χ3v) is 5.26. The first-order valence-electron chi connectivity index (χ1n) is 9.85. The highest BCUT2D eigenvalue weighted by Crippen LogP contribution is 2.28. The van der Waals surface area contributed by atoms with Gasteiger partial charge in [0.1, 0.15) is 0 Å². The molecule has 0 atom stereocenters. The van der Waals surface area contributed by atoms with Crippen LogP contribution in [0.4, 0.5) is 11.4 Å². The SMILES string of the molecule is Cc1ccc(-c2noc(CNC(=S)Nc3ccc(C)c(N4CCCC4=O)c3)n2)cc1. The summed E-state index contributed by atoms with van der Waals surface area (Å²) in [5, 5.41) is 10.7. The van der Waals surface area contributed by atoms with Crippen LogP contribution in [0.15, 0.2) is 47.0 Å². The first-order valence-corrected chi connectivity index (χ1v) is 10.3. The number of nitrogens with one attached hydrogen (secondary N) is 2. The summed E-state index contributed by atoms with van der Waals surface area (Å²) in [6.07, 6.45) is 1.50. The molecule has 7 nitrogen and oxygen atoms in total. The lowest BCUT2D eigenvalue weighted by atomic mass is 10.1. The lowest BCUT2D eigenvalue weighted by Gasteiger charge is -2.20. The van der Waals surface area contributed by atoms with Gasteiger partial charge in [0.2, 0.25) is 17.6 Å². The number of benzene rings is 2. The summed E-state index contributed by atoms with van der Waals surface area (Å²) in [6, 6.07) is 13.8. The maximum absolute atomic E-state index is 12.1. The lowest BCUT2D eigenvalue weighted by molar-refractivity contribution is -0.117. The second kappa shape index (κ2) is 8.62. The first-order chi connectivity index (χ1) is 14.5. The predicted molar refractivity (Wildman–Crippen MR) is 120 cm³/mol. The van der Waals surface area contributed by atoms with E-state index in [1.54, 1.807) is 0 Å². The summed E-state index contributed by atoms with van der Waals surface area (Å²) in [4.78, 5) is 18.3. The number of aromatic nitrogens is 2. The number of rotatable bonds is 5. The highest BCUT2D eigenvalue weighted by atomic mass is 32.1. The molecule has 1 aliphatic rings. The number of hydrogen-bond acceptors (Lipinski definition) is 5. The number of nitrogens with zero attached hydrogens (tertiary/aromatic N) is 3. The van der Waals surface area contributed by atoms with Crippen molar-refractivity contribution in [2.45, 2.75) is 33.2 Å². The van der Waals surface area contributed by atoms with Gasteiger partial charge in [-0.2, -0.15) is 4.98 Å². The van der Waals surface area contributed by atoms with Gasteiger partial charge in [-0.3, -0.25) is 4.79 Å². The number of hydrogen-bond donors (Lipinski definition) is 2. The molecule has 2 heterocycles. The molecule has 1 amide bonds. The van der Waals surface area contributed by atoms with Gasteiger partial charge in [-0.25, -0.2) is 0 Å². The second-order valence-electron chi connectivity index (χ2n) is 7.34. The number of carbonyl (C=O) groups excluding carboxylic acids is 1. The number of thiocarbonyl (C=S) groups is 1. The molecule has 0 radical (unpaired) electrons. The van der Waals surface area contributed by atoms with Crippen LogP contribution in [-0.4, -0.2) is 27.7 Å². The van der Waals surface area contributed by atoms with Crippen molar-refractivity contribution in [1.29, 1.82) is 0 Å². The second-order valence-corrected chi connectivity index (χ2v) is 7.74. The molecule has 2 aromatic carbocycles. The van der Waals surface area contributed by atoms with E-state index in [1.165, 1.54) is 5.56 Å². The van der Waals surface area contributed by atoms with Gasteiger partial charge < -0.3 is 20.1 Å². The first kappa shape index (κ1) is 20.0. The Morgan fingerprint density at radius 3 is 2.73 bits per heavy atom. The number of anilines is 2. The highest BCUT2D eigenvalue weighted by molar-refractivity contribution is 7.80. The van der Waals surface area contributed by atoms with Gasteiger partial charge >= 0.3 is 0 Å². The van der Waals surface area contributed by atoms with Gasteiger partial charge in [0.15, 0.2) is 5.11 Å². The summed E-state index contributed by atoms with van der Waals surface area (Å²) in [5.41, 5.74) is 4.88. The maximum atomic E-state index is 12.1. The van der Waals surface area contributed by atoms with E-state index in [4.69, 9.17) is 16.7 Å². The molecule has 4 rings (SSSR count). The zero-order valence-corrected chi connectivity index (χ0v) is 17.8. The van der Waals surface area contributed by atoms with Gasteiger partial charge in [0, 0.05) is 29.9 Å². The fourth-order valence-corrected chi connectivity index (χ4v) is 3.55. The van der Waals surface area contributed by atoms with Crippen LogP contribution in [0.1, 0.15) is 29.9 Å². The fourth-order valence-electron chi connectivity index (χ4n) is 3.36. The lowest BCUT2D eigenvalue weighted by Crippen LogP contribution is -2.28. The van der Waals surface area contributed by atoms with Gasteiger partial charge in [0.25, 0.3) is 0 Å². The van der Waals surface area contributed by atoms with Crippen LogP contribution >= 0.6 is 12.2 Å². The van der Waals surface area contributed by atoms with Gasteiger partial charge in [-0.05, 0) is 50.2 Å². The van der Waals surface area contributed by atoms with E-state index in [9.17, 15) is 4.79 Å². The normalized spacial score (nSPS) is 13.5. The maximum Gasteiger partial charge on any atom is 0.246 e. The standard InChI is InChI=1S/C22H23N5O2S/c1-14-5-8-16(9-6-14)21-25-19(29-26-21)13-23-22(30)24-17-10-7-15(2)18(12-17)27-11-3-4-20(27)28/h5-10,12H,3-4,11,13H2,1-2H3,(H2,23,24,30). The van der Waals surface area contributed by atoms with E-state index in [0.29, 0.717) is 29.8 Å². The minimum absolute atomic E-state index is 0.164. The summed E-state index contributed by atoms with van der Waals surface area (Å²) >= 11 is 5.39. The van der Waals surface area contributed by atoms with Crippen molar-refractivity contribution >= 4 is 34.6 Å². The van der Waals surface area contributed by atoms with Gasteiger partial charge in [0.05, 0.1) is 6.54 Å².